The molecule has 1 aromatic carbocycles. The maximum absolute atomic E-state index is 12.0. The minimum absolute atomic E-state index is 0.0119. The lowest BCUT2D eigenvalue weighted by Crippen LogP contribution is -2.42. The number of aromatic nitrogens is 2. The van der Waals surface area contributed by atoms with Gasteiger partial charge in [-0.1, -0.05) is 31.4 Å². The average Bonchev–Trinajstić information content (AvgIpc) is 3.31. The third-order valence-corrected chi connectivity index (χ3v) is 5.65. The third-order valence-electron chi connectivity index (χ3n) is 5.65. The Morgan fingerprint density at radius 3 is 2.77 bits per heavy atom. The van der Waals surface area contributed by atoms with Crippen molar-refractivity contribution in [3.8, 4) is 5.69 Å². The number of benzene rings is 1. The number of hydrogen-bond donors (Lipinski definition) is 2. The highest BCUT2D eigenvalue weighted by molar-refractivity contribution is 5.85. The van der Waals surface area contributed by atoms with Gasteiger partial charge in [-0.2, -0.15) is 5.10 Å². The molecule has 7 heteroatoms. The van der Waals surface area contributed by atoms with Crippen molar-refractivity contribution in [1.29, 1.82) is 0 Å². The summed E-state index contributed by atoms with van der Waals surface area (Å²) < 4.78 is 1.85. The summed E-state index contributed by atoms with van der Waals surface area (Å²) in [5.74, 6) is 1.35. The number of rotatable bonds is 7. The van der Waals surface area contributed by atoms with Crippen LogP contribution < -0.4 is 10.6 Å². The highest BCUT2D eigenvalue weighted by atomic mass is 16.2. The van der Waals surface area contributed by atoms with Crippen LogP contribution in [-0.2, 0) is 4.79 Å². The molecule has 1 aliphatic rings. The Balaban J connectivity index is 1.68. The number of nitrogens with zero attached hydrogens (tertiary/aromatic N) is 4. The van der Waals surface area contributed by atoms with Gasteiger partial charge in [0.25, 0.3) is 0 Å². The van der Waals surface area contributed by atoms with Gasteiger partial charge in [0.15, 0.2) is 5.96 Å². The van der Waals surface area contributed by atoms with E-state index in [-0.39, 0.29) is 18.5 Å². The van der Waals surface area contributed by atoms with Crippen LogP contribution in [0.15, 0.2) is 47.7 Å². The molecule has 1 saturated carbocycles. The molecular weight excluding hydrogens is 376 g/mol. The number of likely N-dealkylation sites (N-methyl/N-ethyl adjacent to an activating group) is 1. The summed E-state index contributed by atoms with van der Waals surface area (Å²) in [4.78, 5) is 18.2. The van der Waals surface area contributed by atoms with Crippen LogP contribution in [0.25, 0.3) is 5.69 Å². The molecule has 1 aromatic heterocycles. The smallest absolute Gasteiger partial charge is 0.243 e. The maximum atomic E-state index is 12.0. The molecule has 1 atom stereocenters. The summed E-state index contributed by atoms with van der Waals surface area (Å²) in [6, 6.07) is 10.2. The Morgan fingerprint density at radius 1 is 1.27 bits per heavy atom. The highest BCUT2D eigenvalue weighted by Crippen LogP contribution is 2.23. The van der Waals surface area contributed by atoms with E-state index < -0.39 is 0 Å². The SMILES string of the molecule is CC(NC(=NCC(=O)N(C)C)NCC1CCCCC1)c1cccc(-n2cccn2)c1. The van der Waals surface area contributed by atoms with Crippen LogP contribution in [0.1, 0.15) is 50.6 Å². The predicted octanol–water partition coefficient (Wildman–Crippen LogP) is 3.14. The van der Waals surface area contributed by atoms with Gasteiger partial charge in [0.05, 0.1) is 11.7 Å². The molecule has 30 heavy (non-hydrogen) atoms. The van der Waals surface area contributed by atoms with E-state index in [0.29, 0.717) is 11.9 Å². The second-order valence-electron chi connectivity index (χ2n) is 8.25. The Bertz CT molecular complexity index is 824. The van der Waals surface area contributed by atoms with Gasteiger partial charge in [-0.05, 0) is 49.4 Å². The lowest BCUT2D eigenvalue weighted by molar-refractivity contribution is -0.127. The lowest BCUT2D eigenvalue weighted by atomic mass is 9.89. The van der Waals surface area contributed by atoms with Gasteiger partial charge in [0.2, 0.25) is 5.91 Å². The second-order valence-corrected chi connectivity index (χ2v) is 8.25. The van der Waals surface area contributed by atoms with Crippen LogP contribution in [0.5, 0.6) is 0 Å². The zero-order valence-corrected chi connectivity index (χ0v) is 18.3. The summed E-state index contributed by atoms with van der Waals surface area (Å²) >= 11 is 0. The van der Waals surface area contributed by atoms with Gasteiger partial charge in [0.1, 0.15) is 6.54 Å². The van der Waals surface area contributed by atoms with Crippen molar-refractivity contribution < 1.29 is 4.79 Å². The minimum atomic E-state index is -0.0119. The third kappa shape index (κ3) is 6.34. The first-order chi connectivity index (χ1) is 14.5. The molecule has 1 amide bonds. The quantitative estimate of drug-likeness (QED) is 0.543. The fraction of sp³-hybridized carbons (Fsp3) is 0.522. The van der Waals surface area contributed by atoms with Gasteiger partial charge in [-0.25, -0.2) is 9.67 Å². The fourth-order valence-corrected chi connectivity index (χ4v) is 3.72. The van der Waals surface area contributed by atoms with Crippen LogP contribution in [0.4, 0.5) is 0 Å². The molecule has 0 saturated heterocycles. The number of aliphatic imine (C=N–C) groups is 1. The van der Waals surface area contributed by atoms with E-state index in [4.69, 9.17) is 0 Å². The zero-order chi connectivity index (χ0) is 21.3. The van der Waals surface area contributed by atoms with Crippen LogP contribution in [0.3, 0.4) is 0 Å². The summed E-state index contributed by atoms with van der Waals surface area (Å²) in [6.45, 7) is 3.13. The van der Waals surface area contributed by atoms with Crippen molar-refractivity contribution in [3.63, 3.8) is 0 Å². The summed E-state index contributed by atoms with van der Waals surface area (Å²) in [6.07, 6.45) is 10.2. The van der Waals surface area contributed by atoms with E-state index in [1.807, 2.05) is 29.1 Å². The Labute approximate surface area is 179 Å². The normalized spacial score (nSPS) is 16.2. The van der Waals surface area contributed by atoms with Crippen LogP contribution in [0.2, 0.25) is 0 Å². The van der Waals surface area contributed by atoms with Crippen molar-refractivity contribution in [1.82, 2.24) is 25.3 Å². The van der Waals surface area contributed by atoms with Crippen molar-refractivity contribution >= 4 is 11.9 Å². The summed E-state index contributed by atoms with van der Waals surface area (Å²) in [7, 11) is 3.51. The first-order valence-corrected chi connectivity index (χ1v) is 10.9. The highest BCUT2D eigenvalue weighted by Gasteiger charge is 2.15. The van der Waals surface area contributed by atoms with Gasteiger partial charge in [0, 0.05) is 33.0 Å². The van der Waals surface area contributed by atoms with E-state index in [1.54, 1.807) is 25.2 Å². The van der Waals surface area contributed by atoms with Crippen molar-refractivity contribution in [3.05, 3.63) is 48.3 Å². The zero-order valence-electron chi connectivity index (χ0n) is 18.3. The van der Waals surface area contributed by atoms with E-state index >= 15 is 0 Å². The van der Waals surface area contributed by atoms with E-state index in [2.05, 4.69) is 39.8 Å². The van der Waals surface area contributed by atoms with Gasteiger partial charge >= 0.3 is 0 Å². The monoisotopic (exact) mass is 410 g/mol. The molecule has 0 radical (unpaired) electrons. The summed E-state index contributed by atoms with van der Waals surface area (Å²) in [5.41, 5.74) is 2.15. The molecule has 1 heterocycles. The molecule has 1 unspecified atom stereocenters. The molecule has 2 N–H and O–H groups in total. The molecule has 7 nitrogen and oxygen atoms in total. The molecule has 0 aliphatic heterocycles. The van der Waals surface area contributed by atoms with Crippen molar-refractivity contribution in [2.75, 3.05) is 27.2 Å². The standard InChI is InChI=1S/C23H34N6O/c1-18(20-11-7-12-21(15-20)29-14-8-13-26-29)27-23(25-17-22(30)28(2)3)24-16-19-9-5-4-6-10-19/h7-8,11-15,18-19H,4-6,9-10,16-17H2,1-3H3,(H2,24,25,27). The number of carbonyl (C=O) groups excluding carboxylic acids is 1. The van der Waals surface area contributed by atoms with E-state index in [0.717, 1.165) is 17.8 Å². The number of nitrogens with one attached hydrogen (secondary N) is 2. The van der Waals surface area contributed by atoms with Crippen molar-refractivity contribution in [2.45, 2.75) is 45.1 Å². The number of amides is 1. The molecule has 1 aliphatic carbocycles. The molecule has 0 spiro atoms. The first kappa shape index (κ1) is 21.9. The predicted molar refractivity (Wildman–Crippen MR) is 121 cm³/mol. The molecule has 162 valence electrons. The number of carbonyl (C=O) groups is 1. The minimum Gasteiger partial charge on any atom is -0.356 e. The maximum Gasteiger partial charge on any atom is 0.243 e. The van der Waals surface area contributed by atoms with Crippen LogP contribution in [0, 0.1) is 5.92 Å². The number of hydrogen-bond acceptors (Lipinski definition) is 3. The molecular formula is C23H34N6O. The van der Waals surface area contributed by atoms with E-state index in [1.165, 1.54) is 32.1 Å². The first-order valence-electron chi connectivity index (χ1n) is 10.9. The molecule has 0 bridgehead atoms. The molecule has 2 aromatic rings. The van der Waals surface area contributed by atoms with Crippen LogP contribution >= 0.6 is 0 Å². The van der Waals surface area contributed by atoms with Gasteiger partial charge in [-0.15, -0.1) is 0 Å². The van der Waals surface area contributed by atoms with Crippen molar-refractivity contribution in [2.24, 2.45) is 10.9 Å². The molecule has 3 rings (SSSR count). The Morgan fingerprint density at radius 2 is 2.07 bits per heavy atom. The summed E-state index contributed by atoms with van der Waals surface area (Å²) in [5, 5.41) is 11.3. The Hall–Kier alpha value is -2.83. The Kier molecular flexibility index (Phi) is 7.88. The lowest BCUT2D eigenvalue weighted by Gasteiger charge is -2.24. The van der Waals surface area contributed by atoms with E-state index in [9.17, 15) is 4.79 Å². The topological polar surface area (TPSA) is 74.6 Å². The average molecular weight is 411 g/mol. The second kappa shape index (κ2) is 10.8. The number of guanidine groups is 1. The largest absolute Gasteiger partial charge is 0.356 e. The van der Waals surface area contributed by atoms with Gasteiger partial charge < -0.3 is 15.5 Å². The van der Waals surface area contributed by atoms with Gasteiger partial charge in [-0.3, -0.25) is 4.79 Å². The fourth-order valence-electron chi connectivity index (χ4n) is 3.72. The van der Waals surface area contributed by atoms with Crippen LogP contribution in [-0.4, -0.2) is 53.7 Å². The molecule has 1 fully saturated rings.